The Labute approximate surface area is 129 Å². The van der Waals surface area contributed by atoms with Gasteiger partial charge in [0.25, 0.3) is 0 Å². The first-order valence-electron chi connectivity index (χ1n) is 6.56. The van der Waals surface area contributed by atoms with Crippen molar-refractivity contribution in [3.63, 3.8) is 0 Å². The fourth-order valence-corrected chi connectivity index (χ4v) is 3.02. The second kappa shape index (κ2) is 6.93. The maximum Gasteiger partial charge on any atom is 0.137 e. The summed E-state index contributed by atoms with van der Waals surface area (Å²) in [6.45, 7) is 8.63. The molecule has 5 heteroatoms. The summed E-state index contributed by atoms with van der Waals surface area (Å²) < 4.78 is 0.855. The molecule has 1 aromatic rings. The maximum absolute atomic E-state index is 4.73. The molecule has 0 saturated heterocycles. The molecule has 19 heavy (non-hydrogen) atoms. The molecule has 1 unspecified atom stereocenters. The summed E-state index contributed by atoms with van der Waals surface area (Å²) >= 11 is 5.38. The Balaban J connectivity index is 3.09. The third-order valence-corrected chi connectivity index (χ3v) is 4.22. The minimum Gasteiger partial charge on any atom is -0.356 e. The van der Waals surface area contributed by atoms with Gasteiger partial charge in [0, 0.05) is 30.3 Å². The highest BCUT2D eigenvalue weighted by Gasteiger charge is 2.21. The molecule has 0 aliphatic rings. The molecule has 0 amide bonds. The highest BCUT2D eigenvalue weighted by atomic mass is 79.9. The van der Waals surface area contributed by atoms with E-state index in [1.165, 1.54) is 0 Å². The number of aromatic nitrogens is 2. The molecule has 1 heterocycles. The Morgan fingerprint density at radius 2 is 2.00 bits per heavy atom. The molecule has 0 fully saturated rings. The lowest BCUT2D eigenvalue weighted by atomic mass is 9.96. The maximum atomic E-state index is 4.73. The van der Waals surface area contributed by atoms with Crippen molar-refractivity contribution >= 4 is 33.5 Å². The van der Waals surface area contributed by atoms with E-state index in [1.807, 2.05) is 17.8 Å². The SMILES string of the molecule is CCC(CSC)N(C)c1cc(Br)nc(C(C)(C)C)n1. The van der Waals surface area contributed by atoms with Crippen molar-refractivity contribution in [1.82, 2.24) is 9.97 Å². The Kier molecular flexibility index (Phi) is 6.12. The topological polar surface area (TPSA) is 29.0 Å². The van der Waals surface area contributed by atoms with E-state index >= 15 is 0 Å². The number of rotatable bonds is 5. The van der Waals surface area contributed by atoms with Gasteiger partial charge in [0.05, 0.1) is 0 Å². The minimum absolute atomic E-state index is 0.0411. The van der Waals surface area contributed by atoms with E-state index in [1.54, 1.807) is 0 Å². The van der Waals surface area contributed by atoms with Crippen LogP contribution in [-0.4, -0.2) is 35.1 Å². The first kappa shape index (κ1) is 16.8. The van der Waals surface area contributed by atoms with Crippen LogP contribution in [0.1, 0.15) is 39.9 Å². The standard InChI is InChI=1S/C14H24BrN3S/c1-7-10(9-19-6)18(5)12-8-11(15)16-13(17-12)14(2,3)4/h8,10H,7,9H2,1-6H3. The highest BCUT2D eigenvalue weighted by Crippen LogP contribution is 2.25. The fraction of sp³-hybridized carbons (Fsp3) is 0.714. The van der Waals surface area contributed by atoms with Gasteiger partial charge in [-0.05, 0) is 28.6 Å². The molecule has 0 N–H and O–H groups in total. The van der Waals surface area contributed by atoms with Gasteiger partial charge in [-0.1, -0.05) is 27.7 Å². The summed E-state index contributed by atoms with van der Waals surface area (Å²) in [5.74, 6) is 2.98. The van der Waals surface area contributed by atoms with Gasteiger partial charge in [0.15, 0.2) is 0 Å². The number of nitrogens with zero attached hydrogens (tertiary/aromatic N) is 3. The van der Waals surface area contributed by atoms with Gasteiger partial charge in [0.2, 0.25) is 0 Å². The number of anilines is 1. The van der Waals surface area contributed by atoms with Crippen molar-refractivity contribution in [1.29, 1.82) is 0 Å². The van der Waals surface area contributed by atoms with Crippen LogP contribution in [0.5, 0.6) is 0 Å². The number of halogens is 1. The van der Waals surface area contributed by atoms with Crippen LogP contribution in [0.15, 0.2) is 10.7 Å². The molecule has 3 nitrogen and oxygen atoms in total. The first-order chi connectivity index (χ1) is 8.79. The zero-order chi connectivity index (χ0) is 14.6. The van der Waals surface area contributed by atoms with Crippen LogP contribution < -0.4 is 4.90 Å². The van der Waals surface area contributed by atoms with Gasteiger partial charge in [0.1, 0.15) is 16.2 Å². The molecule has 0 aliphatic heterocycles. The second-order valence-electron chi connectivity index (χ2n) is 5.75. The lowest BCUT2D eigenvalue weighted by Gasteiger charge is -2.29. The summed E-state index contributed by atoms with van der Waals surface area (Å²) in [4.78, 5) is 11.5. The molecular weight excluding hydrogens is 322 g/mol. The van der Waals surface area contributed by atoms with E-state index in [0.29, 0.717) is 6.04 Å². The van der Waals surface area contributed by atoms with Crippen LogP contribution in [0.3, 0.4) is 0 Å². The van der Waals surface area contributed by atoms with E-state index in [-0.39, 0.29) is 5.41 Å². The van der Waals surface area contributed by atoms with Gasteiger partial charge in [-0.25, -0.2) is 9.97 Å². The van der Waals surface area contributed by atoms with E-state index in [4.69, 9.17) is 4.98 Å². The monoisotopic (exact) mass is 345 g/mol. The van der Waals surface area contributed by atoms with Gasteiger partial charge >= 0.3 is 0 Å². The van der Waals surface area contributed by atoms with Crippen LogP contribution in [-0.2, 0) is 5.41 Å². The third kappa shape index (κ3) is 4.63. The van der Waals surface area contributed by atoms with E-state index in [0.717, 1.165) is 28.4 Å². The van der Waals surface area contributed by atoms with Gasteiger partial charge in [-0.3, -0.25) is 0 Å². The minimum atomic E-state index is -0.0411. The van der Waals surface area contributed by atoms with Gasteiger partial charge < -0.3 is 4.90 Å². The van der Waals surface area contributed by atoms with Crippen LogP contribution in [0, 0.1) is 0 Å². The lowest BCUT2D eigenvalue weighted by Crippen LogP contribution is -2.34. The van der Waals surface area contributed by atoms with Crippen LogP contribution in [0.2, 0.25) is 0 Å². The largest absolute Gasteiger partial charge is 0.356 e. The summed E-state index contributed by atoms with van der Waals surface area (Å²) in [6.07, 6.45) is 3.26. The molecule has 0 bridgehead atoms. The Bertz CT molecular complexity index is 418. The molecule has 0 spiro atoms. The summed E-state index contributed by atoms with van der Waals surface area (Å²) in [5.41, 5.74) is -0.0411. The predicted octanol–water partition coefficient (Wildman–Crippen LogP) is 4.11. The Morgan fingerprint density at radius 3 is 2.47 bits per heavy atom. The molecule has 0 aromatic carbocycles. The van der Waals surface area contributed by atoms with Crippen molar-refractivity contribution in [2.45, 2.75) is 45.6 Å². The molecule has 108 valence electrons. The van der Waals surface area contributed by atoms with E-state index in [9.17, 15) is 0 Å². The van der Waals surface area contributed by atoms with Gasteiger partial charge in [-0.15, -0.1) is 0 Å². The van der Waals surface area contributed by atoms with Crippen LogP contribution in [0.25, 0.3) is 0 Å². The molecule has 1 atom stereocenters. The van der Waals surface area contributed by atoms with Crippen molar-refractivity contribution in [2.75, 3.05) is 24.0 Å². The molecule has 0 radical (unpaired) electrons. The number of hydrogen-bond donors (Lipinski definition) is 0. The summed E-state index contributed by atoms with van der Waals surface area (Å²) in [6, 6.07) is 2.50. The highest BCUT2D eigenvalue weighted by molar-refractivity contribution is 9.10. The zero-order valence-corrected chi connectivity index (χ0v) is 15.1. The van der Waals surface area contributed by atoms with Crippen molar-refractivity contribution in [2.24, 2.45) is 0 Å². The Morgan fingerprint density at radius 1 is 1.37 bits per heavy atom. The zero-order valence-electron chi connectivity index (χ0n) is 12.7. The average molecular weight is 346 g/mol. The van der Waals surface area contributed by atoms with E-state index < -0.39 is 0 Å². The van der Waals surface area contributed by atoms with Crippen LogP contribution in [0.4, 0.5) is 5.82 Å². The normalized spacial score (nSPS) is 13.4. The quantitative estimate of drug-likeness (QED) is 0.750. The molecule has 0 saturated carbocycles. The van der Waals surface area contributed by atoms with Crippen molar-refractivity contribution in [3.8, 4) is 0 Å². The van der Waals surface area contributed by atoms with E-state index in [2.05, 4.69) is 66.8 Å². The van der Waals surface area contributed by atoms with Crippen LogP contribution >= 0.6 is 27.7 Å². The van der Waals surface area contributed by atoms with Crippen molar-refractivity contribution < 1.29 is 0 Å². The van der Waals surface area contributed by atoms with Crippen molar-refractivity contribution in [3.05, 3.63) is 16.5 Å². The Hall–Kier alpha value is -0.290. The number of hydrogen-bond acceptors (Lipinski definition) is 4. The summed E-state index contributed by atoms with van der Waals surface area (Å²) in [7, 11) is 2.12. The molecule has 1 aromatic heterocycles. The molecule has 0 aliphatic carbocycles. The third-order valence-electron chi connectivity index (χ3n) is 3.09. The molecule has 1 rings (SSSR count). The smallest absolute Gasteiger partial charge is 0.137 e. The van der Waals surface area contributed by atoms with Gasteiger partial charge in [-0.2, -0.15) is 11.8 Å². The summed E-state index contributed by atoms with van der Waals surface area (Å²) in [5, 5.41) is 0. The first-order valence-corrected chi connectivity index (χ1v) is 8.75. The average Bonchev–Trinajstić information content (AvgIpc) is 2.33. The number of thioether (sulfide) groups is 1. The predicted molar refractivity (Wildman–Crippen MR) is 89.3 cm³/mol. The molecular formula is C14H24BrN3S. The second-order valence-corrected chi connectivity index (χ2v) is 7.47. The lowest BCUT2D eigenvalue weighted by molar-refractivity contribution is 0.540. The fourth-order valence-electron chi connectivity index (χ4n) is 1.80.